The molecule has 0 saturated carbocycles. The second-order valence-corrected chi connectivity index (χ2v) is 7.97. The van der Waals surface area contributed by atoms with E-state index in [1.807, 2.05) is 13.8 Å². The average molecular weight is 358 g/mol. The number of ketones is 2. The van der Waals surface area contributed by atoms with Crippen molar-refractivity contribution >= 4 is 11.6 Å². The topological polar surface area (TPSA) is 63.6 Å². The first-order chi connectivity index (χ1) is 12.1. The van der Waals surface area contributed by atoms with E-state index in [0.717, 1.165) is 12.8 Å². The van der Waals surface area contributed by atoms with Crippen LogP contribution in [0.25, 0.3) is 0 Å². The number of carbonyl (C=O) groups excluding carboxylic acids is 2. The second kappa shape index (κ2) is 7.65. The van der Waals surface area contributed by atoms with Crippen LogP contribution in [0.1, 0.15) is 67.2 Å². The normalized spacial score (nSPS) is 26.7. The van der Waals surface area contributed by atoms with Crippen molar-refractivity contribution < 1.29 is 19.4 Å². The molecule has 0 radical (unpaired) electrons. The van der Waals surface area contributed by atoms with Crippen molar-refractivity contribution in [2.75, 3.05) is 0 Å². The first-order valence-electron chi connectivity index (χ1n) is 9.26. The number of Topliss-reactive ketones (excluding diaryl/α,β-unsaturated/α-hetero) is 2. The number of hydrogen-bond donors (Lipinski definition) is 1. The molecule has 0 saturated heterocycles. The van der Waals surface area contributed by atoms with Crippen LogP contribution in [-0.2, 0) is 14.3 Å². The third kappa shape index (κ3) is 3.84. The van der Waals surface area contributed by atoms with Gasteiger partial charge in [-0.15, -0.1) is 0 Å². The Morgan fingerprint density at radius 1 is 1.27 bits per heavy atom. The quantitative estimate of drug-likeness (QED) is 0.693. The van der Waals surface area contributed by atoms with Crippen LogP contribution in [0.2, 0.25) is 0 Å². The standard InChI is InChI=1S/C22H30O4/c1-13(2)8-7-9-14(3)10-11-22(6)20(25)16(5)19(24)18-17(23)12-15(4)26-21(18)22/h8,10,15,24H,7,9,11-12H2,1-6H3/b14-10+. The van der Waals surface area contributed by atoms with Crippen LogP contribution in [0, 0.1) is 5.41 Å². The number of hydrogen-bond acceptors (Lipinski definition) is 4. The highest BCUT2D eigenvalue weighted by Crippen LogP contribution is 2.46. The van der Waals surface area contributed by atoms with Gasteiger partial charge in [0.05, 0.1) is 11.0 Å². The molecule has 1 aliphatic heterocycles. The van der Waals surface area contributed by atoms with Crippen LogP contribution in [0.3, 0.4) is 0 Å². The summed E-state index contributed by atoms with van der Waals surface area (Å²) in [7, 11) is 0. The Morgan fingerprint density at radius 2 is 1.92 bits per heavy atom. The number of aliphatic hydroxyl groups excluding tert-OH is 1. The molecule has 0 amide bonds. The summed E-state index contributed by atoms with van der Waals surface area (Å²) in [6, 6.07) is 0. The first kappa shape index (κ1) is 20.2. The number of ether oxygens (including phenoxy) is 1. The largest absolute Gasteiger partial charge is 0.507 e. The van der Waals surface area contributed by atoms with Gasteiger partial charge < -0.3 is 9.84 Å². The molecule has 4 nitrogen and oxygen atoms in total. The summed E-state index contributed by atoms with van der Waals surface area (Å²) < 4.78 is 5.92. The van der Waals surface area contributed by atoms with Crippen molar-refractivity contribution in [3.8, 4) is 0 Å². The van der Waals surface area contributed by atoms with Crippen molar-refractivity contribution in [1.29, 1.82) is 0 Å². The highest BCUT2D eigenvalue weighted by molar-refractivity contribution is 6.10. The molecule has 0 aromatic carbocycles. The maximum absolute atomic E-state index is 13.0. The van der Waals surface area contributed by atoms with Crippen LogP contribution in [0.15, 0.2) is 46.0 Å². The van der Waals surface area contributed by atoms with Crippen LogP contribution in [0.4, 0.5) is 0 Å². The molecule has 0 bridgehead atoms. The number of aliphatic hydroxyl groups is 1. The molecule has 2 unspecified atom stereocenters. The molecule has 2 aliphatic rings. The van der Waals surface area contributed by atoms with E-state index >= 15 is 0 Å². The number of rotatable bonds is 5. The zero-order valence-corrected chi connectivity index (χ0v) is 16.7. The fourth-order valence-electron chi connectivity index (χ4n) is 3.50. The lowest BCUT2D eigenvalue weighted by molar-refractivity contribution is -0.128. The van der Waals surface area contributed by atoms with Gasteiger partial charge in [-0.1, -0.05) is 23.3 Å². The van der Waals surface area contributed by atoms with Gasteiger partial charge in [0.25, 0.3) is 0 Å². The zero-order valence-electron chi connectivity index (χ0n) is 16.7. The van der Waals surface area contributed by atoms with Crippen LogP contribution >= 0.6 is 0 Å². The summed E-state index contributed by atoms with van der Waals surface area (Å²) in [5, 5.41) is 10.4. The van der Waals surface area contributed by atoms with Crippen LogP contribution in [0.5, 0.6) is 0 Å². The Hall–Kier alpha value is -2.10. The Kier molecular flexibility index (Phi) is 5.94. The Morgan fingerprint density at radius 3 is 2.54 bits per heavy atom. The summed E-state index contributed by atoms with van der Waals surface area (Å²) in [6.45, 7) is 11.4. The van der Waals surface area contributed by atoms with E-state index in [2.05, 4.69) is 32.9 Å². The molecule has 0 spiro atoms. The minimum absolute atomic E-state index is 0.154. The molecule has 0 fully saturated rings. The molecule has 142 valence electrons. The van der Waals surface area contributed by atoms with E-state index in [0.29, 0.717) is 12.2 Å². The third-order valence-corrected chi connectivity index (χ3v) is 5.18. The van der Waals surface area contributed by atoms with E-state index in [9.17, 15) is 14.7 Å². The monoisotopic (exact) mass is 358 g/mol. The van der Waals surface area contributed by atoms with Gasteiger partial charge in [-0.25, -0.2) is 0 Å². The molecule has 26 heavy (non-hydrogen) atoms. The first-order valence-corrected chi connectivity index (χ1v) is 9.26. The highest BCUT2D eigenvalue weighted by Gasteiger charge is 2.49. The van der Waals surface area contributed by atoms with Gasteiger partial charge in [0.15, 0.2) is 11.6 Å². The van der Waals surface area contributed by atoms with Crippen molar-refractivity contribution in [1.82, 2.24) is 0 Å². The molecule has 1 N–H and O–H groups in total. The zero-order chi connectivity index (χ0) is 19.6. The predicted molar refractivity (Wildman–Crippen MR) is 103 cm³/mol. The number of carbonyl (C=O) groups is 2. The SMILES string of the molecule is CC(C)=CCC/C(C)=C/CC1(C)C(=O)C(C)=C(O)C2=C1OC(C)CC2=O. The van der Waals surface area contributed by atoms with Gasteiger partial charge in [-0.3, -0.25) is 9.59 Å². The van der Waals surface area contributed by atoms with Gasteiger partial charge >= 0.3 is 0 Å². The Labute approximate surface area is 156 Å². The molecule has 1 heterocycles. The number of allylic oxidation sites excluding steroid dienone is 7. The lowest BCUT2D eigenvalue weighted by Crippen LogP contribution is -2.41. The summed E-state index contributed by atoms with van der Waals surface area (Å²) >= 11 is 0. The smallest absolute Gasteiger partial charge is 0.176 e. The van der Waals surface area contributed by atoms with Crippen LogP contribution in [-0.4, -0.2) is 22.8 Å². The van der Waals surface area contributed by atoms with Gasteiger partial charge in [0.1, 0.15) is 17.6 Å². The van der Waals surface area contributed by atoms with Crippen molar-refractivity contribution in [3.63, 3.8) is 0 Å². The van der Waals surface area contributed by atoms with Gasteiger partial charge in [0, 0.05) is 12.0 Å². The van der Waals surface area contributed by atoms with Gasteiger partial charge in [-0.05, 0) is 60.8 Å². The molecule has 1 aliphatic carbocycles. The van der Waals surface area contributed by atoms with Crippen molar-refractivity contribution in [3.05, 3.63) is 46.0 Å². The predicted octanol–water partition coefficient (Wildman–Crippen LogP) is 5.12. The molecule has 2 atom stereocenters. The highest BCUT2D eigenvalue weighted by atomic mass is 16.5. The fourth-order valence-corrected chi connectivity index (χ4v) is 3.50. The van der Waals surface area contributed by atoms with Gasteiger partial charge in [-0.2, -0.15) is 0 Å². The maximum atomic E-state index is 13.0. The molecular weight excluding hydrogens is 328 g/mol. The summed E-state index contributed by atoms with van der Waals surface area (Å²) in [4.78, 5) is 25.4. The Balaban J connectivity index is 2.35. The Bertz CT molecular complexity index is 744. The average Bonchev–Trinajstić information content (AvgIpc) is 2.55. The lowest BCUT2D eigenvalue weighted by Gasteiger charge is -2.39. The molecule has 4 heteroatoms. The summed E-state index contributed by atoms with van der Waals surface area (Å²) in [5.41, 5.74) is 1.98. The second-order valence-electron chi connectivity index (χ2n) is 7.97. The molecule has 2 rings (SSSR count). The van der Waals surface area contributed by atoms with Crippen molar-refractivity contribution in [2.24, 2.45) is 5.41 Å². The molecule has 0 aromatic rings. The van der Waals surface area contributed by atoms with E-state index < -0.39 is 5.41 Å². The lowest BCUT2D eigenvalue weighted by atomic mass is 9.70. The summed E-state index contributed by atoms with van der Waals surface area (Å²) in [6.07, 6.45) is 6.54. The van der Waals surface area contributed by atoms with Gasteiger partial charge in [0.2, 0.25) is 0 Å². The van der Waals surface area contributed by atoms with Crippen LogP contribution < -0.4 is 0 Å². The molecular formula is C22H30O4. The fraction of sp³-hybridized carbons (Fsp3) is 0.545. The van der Waals surface area contributed by atoms with Crippen molar-refractivity contribution in [2.45, 2.75) is 73.3 Å². The van der Waals surface area contributed by atoms with E-state index in [1.165, 1.54) is 11.1 Å². The minimum atomic E-state index is -0.951. The van der Waals surface area contributed by atoms with E-state index in [1.54, 1.807) is 6.92 Å². The van der Waals surface area contributed by atoms with E-state index in [-0.39, 0.29) is 41.0 Å². The minimum Gasteiger partial charge on any atom is -0.507 e. The molecule has 0 aromatic heterocycles. The third-order valence-electron chi connectivity index (χ3n) is 5.18. The maximum Gasteiger partial charge on any atom is 0.176 e. The summed E-state index contributed by atoms with van der Waals surface area (Å²) in [5.74, 6) is -0.214. The van der Waals surface area contributed by atoms with E-state index in [4.69, 9.17) is 4.74 Å².